The quantitative estimate of drug-likeness (QED) is 0.411. The predicted molar refractivity (Wildman–Crippen MR) is 106 cm³/mol. The molecule has 0 radical (unpaired) electrons. The fraction of sp³-hybridized carbons (Fsp3) is 0.125. The van der Waals surface area contributed by atoms with E-state index in [4.69, 9.17) is 9.15 Å². The number of carbonyl (C=O) groups excluding carboxylic acids is 1. The first-order valence-electron chi connectivity index (χ1n) is 9.06. The molecule has 3 heteroatoms. The molecule has 134 valence electrons. The van der Waals surface area contributed by atoms with Crippen molar-refractivity contribution in [3.63, 3.8) is 0 Å². The Balaban J connectivity index is 1.33. The van der Waals surface area contributed by atoms with Crippen LogP contribution in [0.15, 0.2) is 89.3 Å². The summed E-state index contributed by atoms with van der Waals surface area (Å²) >= 11 is 0. The van der Waals surface area contributed by atoms with E-state index in [1.54, 1.807) is 0 Å². The van der Waals surface area contributed by atoms with Crippen LogP contribution in [0.25, 0.3) is 22.1 Å². The Morgan fingerprint density at radius 1 is 0.815 bits per heavy atom. The van der Waals surface area contributed by atoms with Crippen molar-refractivity contribution in [3.8, 4) is 11.3 Å². The third-order valence-corrected chi connectivity index (χ3v) is 4.56. The van der Waals surface area contributed by atoms with E-state index >= 15 is 0 Å². The lowest BCUT2D eigenvalue weighted by molar-refractivity contribution is -0.144. The topological polar surface area (TPSA) is 39.4 Å². The van der Waals surface area contributed by atoms with Gasteiger partial charge in [0.05, 0.1) is 6.42 Å². The summed E-state index contributed by atoms with van der Waals surface area (Å²) in [6, 6.07) is 27.9. The van der Waals surface area contributed by atoms with Crippen LogP contribution < -0.4 is 0 Å². The number of hydrogen-bond acceptors (Lipinski definition) is 3. The van der Waals surface area contributed by atoms with Gasteiger partial charge in [0, 0.05) is 12.0 Å². The Hall–Kier alpha value is -3.33. The third kappa shape index (κ3) is 4.09. The molecular formula is C24H20O3. The molecule has 0 aliphatic heterocycles. The van der Waals surface area contributed by atoms with Crippen molar-refractivity contribution in [2.24, 2.45) is 0 Å². The lowest BCUT2D eigenvalue weighted by Crippen LogP contribution is -2.06. The van der Waals surface area contributed by atoms with Crippen LogP contribution in [0, 0.1) is 0 Å². The zero-order chi connectivity index (χ0) is 18.5. The molecule has 1 heterocycles. The number of rotatable bonds is 6. The number of carbonyl (C=O) groups is 1. The summed E-state index contributed by atoms with van der Waals surface area (Å²) in [5.41, 5.74) is 2.05. The van der Waals surface area contributed by atoms with Crippen molar-refractivity contribution in [1.82, 2.24) is 0 Å². The zero-order valence-corrected chi connectivity index (χ0v) is 14.9. The Kier molecular flexibility index (Phi) is 5.01. The highest BCUT2D eigenvalue weighted by Gasteiger charge is 2.09. The maximum absolute atomic E-state index is 12.1. The second kappa shape index (κ2) is 7.92. The maximum Gasteiger partial charge on any atom is 0.306 e. The molecule has 3 nitrogen and oxygen atoms in total. The number of benzene rings is 3. The summed E-state index contributed by atoms with van der Waals surface area (Å²) in [4.78, 5) is 12.1. The maximum atomic E-state index is 12.1. The number of fused-ring (bicyclic) bond motifs is 1. The first-order valence-corrected chi connectivity index (χ1v) is 9.06. The van der Waals surface area contributed by atoms with Crippen LogP contribution in [0.5, 0.6) is 0 Å². The van der Waals surface area contributed by atoms with Crippen LogP contribution in [0.4, 0.5) is 0 Å². The van der Waals surface area contributed by atoms with Gasteiger partial charge in [-0.05, 0) is 28.5 Å². The second-order valence-electron chi connectivity index (χ2n) is 6.43. The molecule has 0 atom stereocenters. The van der Waals surface area contributed by atoms with Gasteiger partial charge < -0.3 is 9.15 Å². The van der Waals surface area contributed by atoms with Gasteiger partial charge in [0.1, 0.15) is 18.1 Å². The Morgan fingerprint density at radius 3 is 2.48 bits per heavy atom. The van der Waals surface area contributed by atoms with Gasteiger partial charge in [0.2, 0.25) is 0 Å². The molecule has 27 heavy (non-hydrogen) atoms. The lowest BCUT2D eigenvalue weighted by Gasteiger charge is -2.08. The summed E-state index contributed by atoms with van der Waals surface area (Å²) in [7, 11) is 0. The van der Waals surface area contributed by atoms with Crippen molar-refractivity contribution < 1.29 is 13.9 Å². The minimum absolute atomic E-state index is 0.222. The average Bonchev–Trinajstić information content (AvgIpc) is 3.20. The molecule has 0 saturated carbocycles. The normalized spacial score (nSPS) is 10.8. The first kappa shape index (κ1) is 17.1. The van der Waals surface area contributed by atoms with Crippen LogP contribution in [-0.4, -0.2) is 5.97 Å². The summed E-state index contributed by atoms with van der Waals surface area (Å²) < 4.78 is 11.3. The summed E-state index contributed by atoms with van der Waals surface area (Å²) in [5, 5.41) is 2.27. The molecule has 3 aromatic carbocycles. The van der Waals surface area contributed by atoms with E-state index in [2.05, 4.69) is 12.1 Å². The highest BCUT2D eigenvalue weighted by Crippen LogP contribution is 2.23. The standard InChI is InChI=1S/C24H20O3/c25-24(26-17-20-11-6-10-18-7-4-5-12-22(18)20)16-14-21-13-15-23(27-21)19-8-2-1-3-9-19/h1-13,15H,14,16-17H2. The molecule has 0 fully saturated rings. The van der Waals surface area contributed by atoms with Gasteiger partial charge >= 0.3 is 5.97 Å². The fourth-order valence-electron chi connectivity index (χ4n) is 3.14. The monoisotopic (exact) mass is 356 g/mol. The van der Waals surface area contributed by atoms with Crippen LogP contribution in [-0.2, 0) is 22.6 Å². The molecule has 0 N–H and O–H groups in total. The lowest BCUT2D eigenvalue weighted by atomic mass is 10.1. The molecular weight excluding hydrogens is 336 g/mol. The summed E-state index contributed by atoms with van der Waals surface area (Å²) in [5.74, 6) is 1.38. The van der Waals surface area contributed by atoms with E-state index in [0.29, 0.717) is 12.8 Å². The van der Waals surface area contributed by atoms with Gasteiger partial charge in [-0.1, -0.05) is 72.8 Å². The van der Waals surface area contributed by atoms with Gasteiger partial charge in [-0.3, -0.25) is 4.79 Å². The van der Waals surface area contributed by atoms with E-state index in [1.165, 1.54) is 0 Å². The Bertz CT molecular complexity index is 1040. The molecule has 0 aliphatic rings. The number of esters is 1. The van der Waals surface area contributed by atoms with Crippen molar-refractivity contribution >= 4 is 16.7 Å². The fourth-order valence-corrected chi connectivity index (χ4v) is 3.14. The largest absolute Gasteiger partial charge is 0.461 e. The van der Waals surface area contributed by atoms with Crippen LogP contribution in [0.1, 0.15) is 17.7 Å². The molecule has 0 aliphatic carbocycles. The van der Waals surface area contributed by atoms with E-state index in [1.807, 2.05) is 72.8 Å². The van der Waals surface area contributed by atoms with Crippen molar-refractivity contribution in [2.45, 2.75) is 19.4 Å². The summed E-state index contributed by atoms with van der Waals surface area (Å²) in [6.45, 7) is 0.285. The molecule has 4 aromatic rings. The minimum atomic E-state index is -0.222. The number of ether oxygens (including phenoxy) is 1. The molecule has 0 saturated heterocycles. The van der Waals surface area contributed by atoms with Gasteiger partial charge in [0.25, 0.3) is 0 Å². The van der Waals surface area contributed by atoms with E-state index in [-0.39, 0.29) is 12.6 Å². The molecule has 4 rings (SSSR count). The van der Waals surface area contributed by atoms with Crippen LogP contribution in [0.2, 0.25) is 0 Å². The highest BCUT2D eigenvalue weighted by molar-refractivity contribution is 5.85. The second-order valence-corrected chi connectivity index (χ2v) is 6.43. The molecule has 0 bridgehead atoms. The molecule has 0 unspecified atom stereocenters. The van der Waals surface area contributed by atoms with E-state index < -0.39 is 0 Å². The van der Waals surface area contributed by atoms with Gasteiger partial charge in [-0.2, -0.15) is 0 Å². The molecule has 1 aromatic heterocycles. The predicted octanol–water partition coefficient (Wildman–Crippen LogP) is 5.78. The van der Waals surface area contributed by atoms with E-state index in [9.17, 15) is 4.79 Å². The molecule has 0 spiro atoms. The van der Waals surface area contributed by atoms with Gasteiger partial charge in [-0.15, -0.1) is 0 Å². The van der Waals surface area contributed by atoms with E-state index in [0.717, 1.165) is 33.4 Å². The molecule has 0 amide bonds. The average molecular weight is 356 g/mol. The number of hydrogen-bond donors (Lipinski definition) is 0. The van der Waals surface area contributed by atoms with Crippen molar-refractivity contribution in [2.75, 3.05) is 0 Å². The van der Waals surface area contributed by atoms with Crippen LogP contribution in [0.3, 0.4) is 0 Å². The van der Waals surface area contributed by atoms with Gasteiger partial charge in [-0.25, -0.2) is 0 Å². The zero-order valence-electron chi connectivity index (χ0n) is 14.9. The van der Waals surface area contributed by atoms with Crippen molar-refractivity contribution in [3.05, 3.63) is 96.3 Å². The number of aryl methyl sites for hydroxylation is 1. The Labute approximate surface area is 158 Å². The summed E-state index contributed by atoms with van der Waals surface area (Å²) in [6.07, 6.45) is 0.827. The third-order valence-electron chi connectivity index (χ3n) is 4.56. The van der Waals surface area contributed by atoms with Crippen molar-refractivity contribution in [1.29, 1.82) is 0 Å². The highest BCUT2D eigenvalue weighted by atomic mass is 16.5. The smallest absolute Gasteiger partial charge is 0.306 e. The first-order chi connectivity index (χ1) is 13.3. The minimum Gasteiger partial charge on any atom is -0.461 e. The number of furan rings is 1. The van der Waals surface area contributed by atoms with Crippen LogP contribution >= 0.6 is 0 Å². The van der Waals surface area contributed by atoms with Gasteiger partial charge in [0.15, 0.2) is 0 Å². The SMILES string of the molecule is O=C(CCc1ccc(-c2ccccc2)o1)OCc1cccc2ccccc12. The Morgan fingerprint density at radius 2 is 1.59 bits per heavy atom.